The Morgan fingerprint density at radius 3 is 2.44 bits per heavy atom. The number of carbonyl (C=O) groups excluding carboxylic acids is 1. The lowest BCUT2D eigenvalue weighted by molar-refractivity contribution is -0.160. The molecule has 1 amide bonds. The van der Waals surface area contributed by atoms with Gasteiger partial charge in [-0.1, -0.05) is 12.1 Å². The number of hydrogen-bond acceptors (Lipinski definition) is 4. The van der Waals surface area contributed by atoms with E-state index in [1.54, 1.807) is 11.0 Å². The summed E-state index contributed by atoms with van der Waals surface area (Å²) < 4.78 is 25.9. The van der Waals surface area contributed by atoms with E-state index in [0.717, 1.165) is 57.5 Å². The zero-order chi connectivity index (χ0) is 28.1. The van der Waals surface area contributed by atoms with Gasteiger partial charge in [-0.15, -0.1) is 0 Å². The van der Waals surface area contributed by atoms with Gasteiger partial charge in [-0.25, -0.2) is 9.18 Å². The number of fused-ring (bicyclic) bond motifs is 2. The van der Waals surface area contributed by atoms with E-state index >= 15 is 0 Å². The van der Waals surface area contributed by atoms with Crippen molar-refractivity contribution < 1.29 is 28.6 Å². The highest BCUT2D eigenvalue weighted by Gasteiger charge is 2.36. The number of amides is 1. The first kappa shape index (κ1) is 26.9. The predicted molar refractivity (Wildman–Crippen MR) is 146 cm³/mol. The molecule has 0 aliphatic carbocycles. The maximum Gasteiger partial charge on any atom is 0.337 e. The van der Waals surface area contributed by atoms with Gasteiger partial charge in [-0.2, -0.15) is 0 Å². The van der Waals surface area contributed by atoms with Crippen LogP contribution in [-0.2, 0) is 29.0 Å². The van der Waals surface area contributed by atoms with Crippen LogP contribution in [0.4, 0.5) is 4.39 Å². The molecular weight excluding hydrogens is 497 g/mol. The number of carboxylic acid groups (broad SMARTS) is 1. The fraction of sp³-hybridized carbons (Fsp3) is 0.375. The van der Waals surface area contributed by atoms with E-state index in [9.17, 15) is 19.1 Å². The van der Waals surface area contributed by atoms with E-state index in [1.165, 1.54) is 18.2 Å². The minimum absolute atomic E-state index is 0.265. The molecule has 7 heteroatoms. The van der Waals surface area contributed by atoms with Crippen LogP contribution in [0.2, 0.25) is 0 Å². The van der Waals surface area contributed by atoms with Crippen LogP contribution in [0.5, 0.6) is 5.75 Å². The molecule has 2 aliphatic rings. The third-order valence-corrected chi connectivity index (χ3v) is 7.53. The lowest BCUT2D eigenvalue weighted by Crippen LogP contribution is -2.28. The Balaban J connectivity index is 1.68. The molecule has 1 atom stereocenters. The van der Waals surface area contributed by atoms with Crippen molar-refractivity contribution in [3.63, 3.8) is 0 Å². The Morgan fingerprint density at radius 1 is 1.05 bits per heavy atom. The number of carbonyl (C=O) groups is 2. The lowest BCUT2D eigenvalue weighted by atomic mass is 9.82. The van der Waals surface area contributed by atoms with Gasteiger partial charge in [0.05, 0.1) is 12.2 Å². The van der Waals surface area contributed by atoms with Gasteiger partial charge in [-0.05, 0) is 117 Å². The molecule has 1 unspecified atom stereocenters. The Labute approximate surface area is 228 Å². The first-order valence-electron chi connectivity index (χ1n) is 13.3. The van der Waals surface area contributed by atoms with E-state index in [1.807, 2.05) is 46.8 Å². The van der Waals surface area contributed by atoms with Crippen molar-refractivity contribution in [2.75, 3.05) is 6.61 Å². The predicted octanol–water partition coefficient (Wildman–Crippen LogP) is 6.53. The lowest BCUT2D eigenvalue weighted by Gasteiger charge is -2.30. The van der Waals surface area contributed by atoms with Crippen molar-refractivity contribution in [3.05, 3.63) is 87.2 Å². The van der Waals surface area contributed by atoms with Crippen LogP contribution in [0.25, 0.3) is 11.1 Å². The quantitative estimate of drug-likeness (QED) is 0.405. The van der Waals surface area contributed by atoms with Gasteiger partial charge < -0.3 is 19.5 Å². The zero-order valence-electron chi connectivity index (χ0n) is 23.1. The molecule has 3 aromatic rings. The number of aliphatic carboxylic acids is 1. The maximum atomic E-state index is 13.9. The molecule has 0 saturated heterocycles. The van der Waals surface area contributed by atoms with E-state index in [0.29, 0.717) is 25.3 Å². The van der Waals surface area contributed by atoms with Crippen LogP contribution in [0.15, 0.2) is 42.5 Å². The summed E-state index contributed by atoms with van der Waals surface area (Å²) in [6.45, 7) is 10.8. The van der Waals surface area contributed by atoms with Crippen LogP contribution in [0.1, 0.15) is 77.0 Å². The minimum Gasteiger partial charge on any atom is -0.493 e. The molecule has 3 aromatic carbocycles. The Bertz CT molecular complexity index is 1470. The Hall–Kier alpha value is -3.71. The van der Waals surface area contributed by atoms with E-state index in [4.69, 9.17) is 9.47 Å². The highest BCUT2D eigenvalue weighted by molar-refractivity contribution is 5.95. The zero-order valence-corrected chi connectivity index (χ0v) is 23.1. The third-order valence-electron chi connectivity index (χ3n) is 7.53. The molecule has 0 fully saturated rings. The number of hydrogen-bond donors (Lipinski definition) is 1. The number of carboxylic acids is 1. The van der Waals surface area contributed by atoms with Gasteiger partial charge in [0, 0.05) is 24.2 Å². The topological polar surface area (TPSA) is 76.1 Å². The fourth-order valence-corrected chi connectivity index (χ4v) is 5.77. The van der Waals surface area contributed by atoms with Gasteiger partial charge in [-0.3, -0.25) is 4.79 Å². The molecule has 1 N–H and O–H groups in total. The largest absolute Gasteiger partial charge is 0.493 e. The molecule has 2 heterocycles. The smallest absolute Gasteiger partial charge is 0.337 e. The monoisotopic (exact) mass is 531 g/mol. The number of ether oxygens (including phenoxy) is 2. The molecule has 0 spiro atoms. The standard InChI is InChI=1S/C32H34FNO5/c1-18-24-16-34(30(35)22-8-6-10-23(33)15-22)17-25(24)19(2)28(29(31(36)37)39-32(3,4)5)27(18)21-11-12-26-20(14-21)9-7-13-38-26/h6,8,10-12,14-15,29H,7,9,13,16-17H2,1-5H3,(H,36,37). The van der Waals surface area contributed by atoms with Crippen molar-refractivity contribution in [3.8, 4) is 16.9 Å². The molecule has 0 radical (unpaired) electrons. The molecule has 0 bridgehead atoms. The van der Waals surface area contributed by atoms with Crippen molar-refractivity contribution in [1.29, 1.82) is 0 Å². The van der Waals surface area contributed by atoms with Gasteiger partial charge in [0.25, 0.3) is 5.91 Å². The molecule has 5 rings (SSSR count). The fourth-order valence-electron chi connectivity index (χ4n) is 5.77. The maximum absolute atomic E-state index is 13.9. The van der Waals surface area contributed by atoms with Gasteiger partial charge >= 0.3 is 5.97 Å². The number of nitrogens with zero attached hydrogens (tertiary/aromatic N) is 1. The molecule has 0 saturated carbocycles. The Morgan fingerprint density at radius 2 is 1.77 bits per heavy atom. The number of halogens is 1. The van der Waals surface area contributed by atoms with Crippen LogP contribution >= 0.6 is 0 Å². The SMILES string of the molecule is Cc1c2c(c(C)c(C(OC(C)(C)C)C(=O)O)c1-c1ccc3c(c1)CCCO3)CN(C(=O)c1cccc(F)c1)C2. The van der Waals surface area contributed by atoms with Crippen LogP contribution in [0.3, 0.4) is 0 Å². The highest BCUT2D eigenvalue weighted by Crippen LogP contribution is 2.45. The summed E-state index contributed by atoms with van der Waals surface area (Å²) in [6.07, 6.45) is 0.607. The van der Waals surface area contributed by atoms with Gasteiger partial charge in [0.2, 0.25) is 0 Å². The van der Waals surface area contributed by atoms with Crippen LogP contribution in [-0.4, -0.2) is 34.1 Å². The van der Waals surface area contributed by atoms with Crippen LogP contribution in [0, 0.1) is 19.7 Å². The number of benzene rings is 3. The number of rotatable bonds is 5. The average molecular weight is 532 g/mol. The molecule has 39 heavy (non-hydrogen) atoms. The molecular formula is C32H34FNO5. The van der Waals surface area contributed by atoms with Crippen molar-refractivity contribution in [2.24, 2.45) is 0 Å². The van der Waals surface area contributed by atoms with E-state index in [2.05, 4.69) is 6.07 Å². The summed E-state index contributed by atoms with van der Waals surface area (Å²) in [4.78, 5) is 27.7. The second kappa shape index (κ2) is 10.1. The summed E-state index contributed by atoms with van der Waals surface area (Å²) in [5, 5.41) is 10.4. The van der Waals surface area contributed by atoms with E-state index in [-0.39, 0.29) is 11.5 Å². The Kier molecular flexibility index (Phi) is 6.97. The third kappa shape index (κ3) is 5.15. The molecule has 0 aromatic heterocycles. The summed E-state index contributed by atoms with van der Waals surface area (Å²) in [5.41, 5.74) is 6.61. The van der Waals surface area contributed by atoms with E-state index < -0.39 is 23.5 Å². The van der Waals surface area contributed by atoms with Gasteiger partial charge in [0.1, 0.15) is 11.6 Å². The summed E-state index contributed by atoms with van der Waals surface area (Å²) in [6, 6.07) is 11.7. The second-order valence-corrected chi connectivity index (χ2v) is 11.4. The first-order chi connectivity index (χ1) is 18.4. The van der Waals surface area contributed by atoms with Crippen molar-refractivity contribution >= 4 is 11.9 Å². The number of aryl methyl sites for hydroxylation is 1. The first-order valence-corrected chi connectivity index (χ1v) is 13.3. The second-order valence-electron chi connectivity index (χ2n) is 11.4. The van der Waals surface area contributed by atoms with Crippen LogP contribution < -0.4 is 4.74 Å². The van der Waals surface area contributed by atoms with Crippen molar-refractivity contribution in [2.45, 2.75) is 72.3 Å². The molecule has 2 aliphatic heterocycles. The molecule has 6 nitrogen and oxygen atoms in total. The summed E-state index contributed by atoms with van der Waals surface area (Å²) >= 11 is 0. The molecule has 204 valence electrons. The summed E-state index contributed by atoms with van der Waals surface area (Å²) in [5.74, 6) is -0.941. The highest BCUT2D eigenvalue weighted by atomic mass is 19.1. The average Bonchev–Trinajstić information content (AvgIpc) is 3.34. The minimum atomic E-state index is -1.20. The van der Waals surface area contributed by atoms with Gasteiger partial charge in [0.15, 0.2) is 6.10 Å². The normalized spacial score (nSPS) is 15.4. The van der Waals surface area contributed by atoms with Crippen molar-refractivity contribution in [1.82, 2.24) is 4.90 Å². The summed E-state index contributed by atoms with van der Waals surface area (Å²) in [7, 11) is 0.